The topological polar surface area (TPSA) is 58.6 Å². The molecule has 0 aliphatic carbocycles. The molecule has 94 valence electrons. The van der Waals surface area contributed by atoms with Gasteiger partial charge in [-0.3, -0.25) is 4.79 Å². The van der Waals surface area contributed by atoms with E-state index in [4.69, 9.17) is 0 Å². The number of carbonyl (C=O) groups is 1. The maximum Gasteiger partial charge on any atom is 0.306 e. The van der Waals surface area contributed by atoms with Crippen molar-refractivity contribution in [3.63, 3.8) is 0 Å². The molecular formula is C12H16FNO3. The van der Waals surface area contributed by atoms with Crippen molar-refractivity contribution in [3.8, 4) is 5.75 Å². The molecule has 1 rings (SSSR count). The molecule has 1 aromatic carbocycles. The molecule has 1 atom stereocenters. The largest absolute Gasteiger partial charge is 0.508 e. The fraction of sp³-hybridized carbons (Fsp3) is 0.417. The van der Waals surface area contributed by atoms with E-state index < -0.39 is 5.82 Å². The van der Waals surface area contributed by atoms with Gasteiger partial charge in [0, 0.05) is 24.2 Å². The molecule has 0 heterocycles. The van der Waals surface area contributed by atoms with Crippen LogP contribution in [0.5, 0.6) is 5.75 Å². The number of nitrogens with one attached hydrogen (secondary N) is 1. The van der Waals surface area contributed by atoms with Crippen LogP contribution >= 0.6 is 0 Å². The van der Waals surface area contributed by atoms with Crippen LogP contribution in [0.2, 0.25) is 0 Å². The number of halogens is 1. The minimum absolute atomic E-state index is 0.0944. The van der Waals surface area contributed by atoms with Crippen LogP contribution in [0, 0.1) is 5.82 Å². The Hall–Kier alpha value is -1.62. The van der Waals surface area contributed by atoms with Crippen LogP contribution < -0.4 is 5.32 Å². The predicted octanol–water partition coefficient (Wildman–Crippen LogP) is 1.74. The SMILES string of the molecule is COC(=O)CCNC(C)c1ccc(F)cc1O. The molecule has 1 unspecified atom stereocenters. The third-order valence-corrected chi connectivity index (χ3v) is 2.47. The molecule has 0 aromatic heterocycles. The maximum atomic E-state index is 12.8. The monoisotopic (exact) mass is 241 g/mol. The minimum Gasteiger partial charge on any atom is -0.508 e. The number of benzene rings is 1. The molecule has 0 aliphatic rings. The summed E-state index contributed by atoms with van der Waals surface area (Å²) < 4.78 is 17.3. The van der Waals surface area contributed by atoms with Gasteiger partial charge in [-0.2, -0.15) is 0 Å². The van der Waals surface area contributed by atoms with Crippen LogP contribution in [0.4, 0.5) is 4.39 Å². The van der Waals surface area contributed by atoms with Gasteiger partial charge < -0.3 is 15.2 Å². The fourth-order valence-corrected chi connectivity index (χ4v) is 1.49. The summed E-state index contributed by atoms with van der Waals surface area (Å²) >= 11 is 0. The lowest BCUT2D eigenvalue weighted by Gasteiger charge is -2.15. The van der Waals surface area contributed by atoms with Crippen molar-refractivity contribution in [1.29, 1.82) is 0 Å². The average molecular weight is 241 g/mol. The second-order valence-electron chi connectivity index (χ2n) is 3.71. The van der Waals surface area contributed by atoms with Gasteiger partial charge in [0.05, 0.1) is 13.5 Å². The maximum absolute atomic E-state index is 12.8. The summed E-state index contributed by atoms with van der Waals surface area (Å²) in [4.78, 5) is 10.9. The van der Waals surface area contributed by atoms with E-state index in [1.807, 2.05) is 6.92 Å². The number of methoxy groups -OCH3 is 1. The van der Waals surface area contributed by atoms with Crippen molar-refractivity contribution in [2.45, 2.75) is 19.4 Å². The molecule has 17 heavy (non-hydrogen) atoms. The number of esters is 1. The highest BCUT2D eigenvalue weighted by atomic mass is 19.1. The molecular weight excluding hydrogens is 225 g/mol. The second kappa shape index (κ2) is 6.20. The molecule has 0 radical (unpaired) electrons. The minimum atomic E-state index is -0.479. The molecule has 2 N–H and O–H groups in total. The molecule has 0 fully saturated rings. The van der Waals surface area contributed by atoms with E-state index in [1.165, 1.54) is 19.2 Å². The van der Waals surface area contributed by atoms with E-state index in [1.54, 1.807) is 0 Å². The third kappa shape index (κ3) is 4.03. The Morgan fingerprint density at radius 1 is 1.59 bits per heavy atom. The van der Waals surface area contributed by atoms with Gasteiger partial charge in [0.25, 0.3) is 0 Å². The molecule has 0 amide bonds. The zero-order valence-electron chi connectivity index (χ0n) is 9.87. The highest BCUT2D eigenvalue weighted by molar-refractivity contribution is 5.69. The van der Waals surface area contributed by atoms with E-state index >= 15 is 0 Å². The van der Waals surface area contributed by atoms with Crippen LogP contribution in [-0.2, 0) is 9.53 Å². The first-order chi connectivity index (χ1) is 8.04. The lowest BCUT2D eigenvalue weighted by Crippen LogP contribution is -2.22. The van der Waals surface area contributed by atoms with E-state index in [0.29, 0.717) is 12.1 Å². The number of carbonyl (C=O) groups excluding carboxylic acids is 1. The number of hydrogen-bond acceptors (Lipinski definition) is 4. The average Bonchev–Trinajstić information content (AvgIpc) is 2.28. The fourth-order valence-electron chi connectivity index (χ4n) is 1.49. The first-order valence-corrected chi connectivity index (χ1v) is 5.33. The lowest BCUT2D eigenvalue weighted by atomic mass is 10.1. The van der Waals surface area contributed by atoms with Gasteiger partial charge >= 0.3 is 5.97 Å². The van der Waals surface area contributed by atoms with Crippen molar-refractivity contribution in [3.05, 3.63) is 29.6 Å². The summed E-state index contributed by atoms with van der Waals surface area (Å²) in [6, 6.07) is 3.70. The molecule has 0 saturated heterocycles. The number of phenols is 1. The summed E-state index contributed by atoms with van der Waals surface area (Å²) in [7, 11) is 1.33. The van der Waals surface area contributed by atoms with Gasteiger partial charge in [-0.15, -0.1) is 0 Å². The number of aromatic hydroxyl groups is 1. The quantitative estimate of drug-likeness (QED) is 0.771. The predicted molar refractivity (Wildman–Crippen MR) is 61.1 cm³/mol. The Kier molecular flexibility index (Phi) is 4.90. The first kappa shape index (κ1) is 13.4. The van der Waals surface area contributed by atoms with Gasteiger partial charge in [-0.25, -0.2) is 4.39 Å². The summed E-state index contributed by atoms with van der Waals surface area (Å²) in [5, 5.41) is 12.6. The summed E-state index contributed by atoms with van der Waals surface area (Å²) in [6.07, 6.45) is 0.253. The summed E-state index contributed by atoms with van der Waals surface area (Å²) in [5.74, 6) is -0.871. The molecule has 0 bridgehead atoms. The third-order valence-electron chi connectivity index (χ3n) is 2.47. The van der Waals surface area contributed by atoms with Gasteiger partial charge in [0.15, 0.2) is 0 Å². The van der Waals surface area contributed by atoms with Crippen molar-refractivity contribution in [2.24, 2.45) is 0 Å². The Morgan fingerprint density at radius 3 is 2.88 bits per heavy atom. The highest BCUT2D eigenvalue weighted by Gasteiger charge is 2.11. The van der Waals surface area contributed by atoms with Crippen LogP contribution in [0.3, 0.4) is 0 Å². The van der Waals surface area contributed by atoms with Crippen molar-refractivity contribution < 1.29 is 19.0 Å². The van der Waals surface area contributed by atoms with Crippen LogP contribution in [0.1, 0.15) is 24.9 Å². The van der Waals surface area contributed by atoms with E-state index in [0.717, 1.165) is 6.07 Å². The molecule has 0 aliphatic heterocycles. The van der Waals surface area contributed by atoms with E-state index in [9.17, 15) is 14.3 Å². The standard InChI is InChI=1S/C12H16FNO3/c1-8(14-6-5-12(16)17-2)10-4-3-9(13)7-11(10)15/h3-4,7-8,14-15H,5-6H2,1-2H3. The van der Waals surface area contributed by atoms with Gasteiger partial charge in [-0.05, 0) is 13.0 Å². The zero-order chi connectivity index (χ0) is 12.8. The van der Waals surface area contributed by atoms with Crippen LogP contribution in [-0.4, -0.2) is 24.7 Å². The normalized spacial score (nSPS) is 12.2. The smallest absolute Gasteiger partial charge is 0.306 e. The zero-order valence-corrected chi connectivity index (χ0v) is 9.87. The van der Waals surface area contributed by atoms with Crippen LogP contribution in [0.25, 0.3) is 0 Å². The summed E-state index contributed by atoms with van der Waals surface area (Å²) in [5.41, 5.74) is 0.594. The number of phenolic OH excluding ortho intramolecular Hbond substituents is 1. The van der Waals surface area contributed by atoms with Crippen molar-refractivity contribution in [2.75, 3.05) is 13.7 Å². The van der Waals surface area contributed by atoms with Crippen molar-refractivity contribution >= 4 is 5.97 Å². The van der Waals surface area contributed by atoms with Gasteiger partial charge in [0.1, 0.15) is 11.6 Å². The van der Waals surface area contributed by atoms with Crippen LogP contribution in [0.15, 0.2) is 18.2 Å². The number of rotatable bonds is 5. The van der Waals surface area contributed by atoms with E-state index in [-0.39, 0.29) is 24.2 Å². The first-order valence-electron chi connectivity index (χ1n) is 5.33. The Morgan fingerprint density at radius 2 is 2.29 bits per heavy atom. The Balaban J connectivity index is 2.52. The van der Waals surface area contributed by atoms with Gasteiger partial charge in [0.2, 0.25) is 0 Å². The lowest BCUT2D eigenvalue weighted by molar-refractivity contribution is -0.140. The molecule has 1 aromatic rings. The van der Waals surface area contributed by atoms with Gasteiger partial charge in [-0.1, -0.05) is 6.07 Å². The molecule has 5 heteroatoms. The summed E-state index contributed by atoms with van der Waals surface area (Å²) in [6.45, 7) is 2.26. The highest BCUT2D eigenvalue weighted by Crippen LogP contribution is 2.24. The Labute approximate surface area is 99.4 Å². The van der Waals surface area contributed by atoms with Crippen molar-refractivity contribution in [1.82, 2.24) is 5.32 Å². The number of ether oxygens (including phenoxy) is 1. The molecule has 0 saturated carbocycles. The molecule has 4 nitrogen and oxygen atoms in total. The Bertz CT molecular complexity index is 395. The van der Waals surface area contributed by atoms with E-state index in [2.05, 4.69) is 10.1 Å². The number of hydrogen-bond donors (Lipinski definition) is 2. The molecule has 0 spiro atoms. The second-order valence-corrected chi connectivity index (χ2v) is 3.71.